The maximum Gasteiger partial charge on any atom is 0.340 e. The lowest BCUT2D eigenvalue weighted by molar-refractivity contribution is -0.124. The molecule has 7 heteroatoms. The van der Waals surface area contributed by atoms with Crippen LogP contribution in [0.2, 0.25) is 5.02 Å². The van der Waals surface area contributed by atoms with E-state index in [1.54, 1.807) is 17.8 Å². The van der Waals surface area contributed by atoms with Crippen LogP contribution in [0.1, 0.15) is 15.9 Å². The Morgan fingerprint density at radius 2 is 1.92 bits per heavy atom. The smallest absolute Gasteiger partial charge is 0.340 e. The van der Waals surface area contributed by atoms with E-state index in [-0.39, 0.29) is 23.8 Å². The molecule has 0 unspecified atom stereocenters. The number of hydrogen-bond acceptors (Lipinski definition) is 5. The van der Waals surface area contributed by atoms with Crippen LogP contribution in [0.15, 0.2) is 48.5 Å². The fourth-order valence-corrected chi connectivity index (χ4v) is 3.01. The molecule has 0 heterocycles. The Kier molecular flexibility index (Phi) is 7.63. The number of benzene rings is 2. The zero-order chi connectivity index (χ0) is 18.1. The van der Waals surface area contributed by atoms with Crippen LogP contribution in [0.5, 0.6) is 0 Å². The predicted molar refractivity (Wildman–Crippen MR) is 102 cm³/mol. The van der Waals surface area contributed by atoms with E-state index in [9.17, 15) is 9.59 Å². The van der Waals surface area contributed by atoms with Crippen molar-refractivity contribution in [2.45, 2.75) is 5.75 Å². The van der Waals surface area contributed by atoms with E-state index in [1.165, 1.54) is 17.7 Å². The molecular formula is C18H19ClN2O3S. The number of nitrogens with two attached hydrogens (primary N) is 1. The molecule has 0 aliphatic heterocycles. The van der Waals surface area contributed by atoms with E-state index in [2.05, 4.69) is 17.4 Å². The Hall–Kier alpha value is -2.18. The lowest BCUT2D eigenvalue weighted by atomic mass is 10.2. The molecule has 0 aliphatic rings. The fourth-order valence-electron chi connectivity index (χ4n) is 2.01. The summed E-state index contributed by atoms with van der Waals surface area (Å²) in [6.07, 6.45) is 0. The van der Waals surface area contributed by atoms with Crippen LogP contribution in [0.4, 0.5) is 5.69 Å². The van der Waals surface area contributed by atoms with Crippen LogP contribution >= 0.6 is 23.4 Å². The summed E-state index contributed by atoms with van der Waals surface area (Å²) in [5.41, 5.74) is 7.35. The molecule has 0 aromatic heterocycles. The van der Waals surface area contributed by atoms with Gasteiger partial charge in [0.15, 0.2) is 6.61 Å². The van der Waals surface area contributed by atoms with E-state index in [0.717, 1.165) is 11.5 Å². The van der Waals surface area contributed by atoms with Gasteiger partial charge < -0.3 is 15.8 Å². The van der Waals surface area contributed by atoms with Crippen LogP contribution in [0.25, 0.3) is 0 Å². The molecule has 132 valence electrons. The minimum Gasteiger partial charge on any atom is -0.452 e. The summed E-state index contributed by atoms with van der Waals surface area (Å²) in [6.45, 7) is 0.168. The number of nitrogens with one attached hydrogen (secondary N) is 1. The number of amides is 1. The normalized spacial score (nSPS) is 10.3. The fraction of sp³-hybridized carbons (Fsp3) is 0.222. The molecule has 0 radical (unpaired) electrons. The van der Waals surface area contributed by atoms with Crippen molar-refractivity contribution >= 4 is 40.9 Å². The largest absolute Gasteiger partial charge is 0.452 e. The summed E-state index contributed by atoms with van der Waals surface area (Å²) in [6, 6.07) is 14.6. The lowest BCUT2D eigenvalue weighted by Gasteiger charge is -2.08. The van der Waals surface area contributed by atoms with Gasteiger partial charge in [0.05, 0.1) is 5.56 Å². The average molecular weight is 379 g/mol. The molecule has 1 amide bonds. The highest BCUT2D eigenvalue weighted by atomic mass is 35.5. The zero-order valence-electron chi connectivity index (χ0n) is 13.5. The van der Waals surface area contributed by atoms with Crippen molar-refractivity contribution in [3.63, 3.8) is 0 Å². The average Bonchev–Trinajstić information content (AvgIpc) is 2.60. The van der Waals surface area contributed by atoms with Crippen molar-refractivity contribution in [1.82, 2.24) is 5.32 Å². The summed E-state index contributed by atoms with van der Waals surface area (Å²) < 4.78 is 4.96. The summed E-state index contributed by atoms with van der Waals surface area (Å²) >= 11 is 7.49. The summed E-state index contributed by atoms with van der Waals surface area (Å²) in [7, 11) is 0. The van der Waals surface area contributed by atoms with Gasteiger partial charge in [0.25, 0.3) is 5.91 Å². The van der Waals surface area contributed by atoms with Gasteiger partial charge in [-0.3, -0.25) is 4.79 Å². The van der Waals surface area contributed by atoms with Crippen LogP contribution in [-0.2, 0) is 15.3 Å². The van der Waals surface area contributed by atoms with Gasteiger partial charge in [0, 0.05) is 28.8 Å². The topological polar surface area (TPSA) is 81.4 Å². The minimum absolute atomic E-state index is 0.190. The van der Waals surface area contributed by atoms with Gasteiger partial charge in [-0.25, -0.2) is 4.79 Å². The highest BCUT2D eigenvalue weighted by molar-refractivity contribution is 7.98. The first-order chi connectivity index (χ1) is 12.1. The monoisotopic (exact) mass is 378 g/mol. The molecule has 0 saturated carbocycles. The summed E-state index contributed by atoms with van der Waals surface area (Å²) in [5.74, 6) is 0.671. The first-order valence-electron chi connectivity index (χ1n) is 7.67. The molecule has 0 aliphatic carbocycles. The van der Waals surface area contributed by atoms with Crippen molar-refractivity contribution < 1.29 is 14.3 Å². The van der Waals surface area contributed by atoms with E-state index in [1.807, 2.05) is 18.2 Å². The highest BCUT2D eigenvalue weighted by Gasteiger charge is 2.13. The van der Waals surface area contributed by atoms with E-state index in [0.29, 0.717) is 11.6 Å². The third-order valence-electron chi connectivity index (χ3n) is 3.25. The van der Waals surface area contributed by atoms with Crippen molar-refractivity contribution in [2.75, 3.05) is 24.6 Å². The van der Waals surface area contributed by atoms with E-state index >= 15 is 0 Å². The maximum atomic E-state index is 11.9. The second-order valence-electron chi connectivity index (χ2n) is 5.20. The molecule has 5 nitrogen and oxygen atoms in total. The number of thioether (sulfide) groups is 1. The molecular weight excluding hydrogens is 360 g/mol. The predicted octanol–water partition coefficient (Wildman–Crippen LogP) is 3.13. The van der Waals surface area contributed by atoms with Gasteiger partial charge >= 0.3 is 5.97 Å². The Balaban J connectivity index is 1.62. The third kappa shape index (κ3) is 6.68. The van der Waals surface area contributed by atoms with Gasteiger partial charge in [-0.15, -0.1) is 0 Å². The van der Waals surface area contributed by atoms with Gasteiger partial charge in [-0.2, -0.15) is 11.8 Å². The minimum atomic E-state index is -0.650. The molecule has 0 spiro atoms. The highest BCUT2D eigenvalue weighted by Crippen LogP contribution is 2.18. The SMILES string of the molecule is Nc1cc(Cl)ccc1C(=O)OCC(=O)NCCSCc1ccccc1. The third-order valence-corrected chi connectivity index (χ3v) is 4.51. The number of hydrogen-bond donors (Lipinski definition) is 2. The van der Waals surface area contributed by atoms with Crippen molar-refractivity contribution in [2.24, 2.45) is 0 Å². The number of rotatable bonds is 8. The first-order valence-corrected chi connectivity index (χ1v) is 9.20. The standard InChI is InChI=1S/C18H19ClN2O3S/c19-14-6-7-15(16(20)10-14)18(23)24-11-17(22)21-8-9-25-12-13-4-2-1-3-5-13/h1-7,10H,8-9,11-12,20H2,(H,21,22). The lowest BCUT2D eigenvalue weighted by Crippen LogP contribution is -2.30. The molecule has 0 bridgehead atoms. The second-order valence-corrected chi connectivity index (χ2v) is 6.74. The van der Waals surface area contributed by atoms with Crippen molar-refractivity contribution in [3.8, 4) is 0 Å². The first kappa shape index (κ1) is 19.1. The van der Waals surface area contributed by atoms with Gasteiger partial charge in [-0.1, -0.05) is 41.9 Å². The number of halogens is 1. The van der Waals surface area contributed by atoms with Gasteiger partial charge in [0.2, 0.25) is 0 Å². The Labute approximate surface area is 155 Å². The van der Waals surface area contributed by atoms with E-state index in [4.69, 9.17) is 22.1 Å². The van der Waals surface area contributed by atoms with Crippen LogP contribution in [0.3, 0.4) is 0 Å². The van der Waals surface area contributed by atoms with Crippen LogP contribution in [0, 0.1) is 0 Å². The van der Waals surface area contributed by atoms with Gasteiger partial charge in [-0.05, 0) is 23.8 Å². The quantitative estimate of drug-likeness (QED) is 0.419. The summed E-state index contributed by atoms with van der Waals surface area (Å²) in [5, 5.41) is 3.14. The molecule has 0 saturated heterocycles. The number of anilines is 1. The maximum absolute atomic E-state index is 11.9. The Bertz CT molecular complexity index is 726. The molecule has 25 heavy (non-hydrogen) atoms. The molecule has 0 fully saturated rings. The molecule has 2 rings (SSSR count). The molecule has 2 aromatic carbocycles. The second kappa shape index (κ2) is 9.96. The number of ether oxygens (including phenoxy) is 1. The van der Waals surface area contributed by atoms with Crippen molar-refractivity contribution in [1.29, 1.82) is 0 Å². The number of nitrogen functional groups attached to an aromatic ring is 1. The molecule has 3 N–H and O–H groups in total. The summed E-state index contributed by atoms with van der Waals surface area (Å²) in [4.78, 5) is 23.6. The molecule has 0 atom stereocenters. The number of carbonyl (C=O) groups is 2. The number of carbonyl (C=O) groups excluding carboxylic acids is 2. The van der Waals surface area contributed by atoms with Crippen LogP contribution < -0.4 is 11.1 Å². The van der Waals surface area contributed by atoms with E-state index < -0.39 is 5.97 Å². The molecule has 2 aromatic rings. The van der Waals surface area contributed by atoms with Gasteiger partial charge in [0.1, 0.15) is 0 Å². The Morgan fingerprint density at radius 3 is 2.64 bits per heavy atom. The zero-order valence-corrected chi connectivity index (χ0v) is 15.1. The Morgan fingerprint density at radius 1 is 1.16 bits per heavy atom. The van der Waals surface area contributed by atoms with Crippen LogP contribution in [-0.4, -0.2) is 30.8 Å². The van der Waals surface area contributed by atoms with Crippen molar-refractivity contribution in [3.05, 3.63) is 64.7 Å². The number of esters is 1.